The van der Waals surface area contributed by atoms with E-state index in [1.165, 1.54) is 5.56 Å². The van der Waals surface area contributed by atoms with Gasteiger partial charge in [-0.15, -0.1) is 0 Å². The summed E-state index contributed by atoms with van der Waals surface area (Å²) < 4.78 is 14.0. The molecule has 0 fully saturated rings. The number of halogens is 1. The van der Waals surface area contributed by atoms with Crippen LogP contribution in [-0.4, -0.2) is 11.5 Å². The first kappa shape index (κ1) is 14.7. The van der Waals surface area contributed by atoms with Crippen LogP contribution < -0.4 is 5.32 Å². The monoisotopic (exact) mass is 272 g/mol. The van der Waals surface area contributed by atoms with E-state index in [9.17, 15) is 4.39 Å². The zero-order valence-corrected chi connectivity index (χ0v) is 12.1. The zero-order chi connectivity index (χ0) is 14.4. The van der Waals surface area contributed by atoms with Crippen LogP contribution in [0.15, 0.2) is 42.7 Å². The number of nitrogens with one attached hydrogen (secondary N) is 1. The first-order chi connectivity index (χ1) is 9.70. The average molecular weight is 272 g/mol. The Balaban J connectivity index is 2.12. The van der Waals surface area contributed by atoms with E-state index in [-0.39, 0.29) is 11.9 Å². The lowest BCUT2D eigenvalue weighted by Gasteiger charge is -2.19. The Hall–Kier alpha value is -1.74. The van der Waals surface area contributed by atoms with Gasteiger partial charge in [0, 0.05) is 24.0 Å². The predicted octanol–water partition coefficient (Wildman–Crippen LogP) is 3.81. The van der Waals surface area contributed by atoms with Crippen molar-refractivity contribution in [2.75, 3.05) is 6.54 Å². The minimum absolute atomic E-state index is 0.0418. The Morgan fingerprint density at radius 3 is 2.85 bits per heavy atom. The summed E-state index contributed by atoms with van der Waals surface area (Å²) in [4.78, 5) is 4.12. The lowest BCUT2D eigenvalue weighted by molar-refractivity contribution is 0.485. The van der Waals surface area contributed by atoms with E-state index in [1.807, 2.05) is 38.2 Å². The van der Waals surface area contributed by atoms with E-state index in [2.05, 4.69) is 16.4 Å². The fraction of sp³-hybridized carbons (Fsp3) is 0.353. The number of benzene rings is 1. The van der Waals surface area contributed by atoms with Gasteiger partial charge in [0.1, 0.15) is 5.82 Å². The lowest BCUT2D eigenvalue weighted by Crippen LogP contribution is -2.22. The molecule has 106 valence electrons. The SMILES string of the molecule is CCNC(CCc1cccnc1)c1cc(C)ccc1F. The third kappa shape index (κ3) is 3.87. The van der Waals surface area contributed by atoms with Crippen molar-refractivity contribution in [2.45, 2.75) is 32.7 Å². The van der Waals surface area contributed by atoms with E-state index in [1.54, 1.807) is 12.3 Å². The Morgan fingerprint density at radius 1 is 1.30 bits per heavy atom. The maximum absolute atomic E-state index is 14.0. The van der Waals surface area contributed by atoms with Gasteiger partial charge in [0.2, 0.25) is 0 Å². The normalized spacial score (nSPS) is 12.3. The number of aromatic nitrogens is 1. The maximum Gasteiger partial charge on any atom is 0.127 e. The quantitative estimate of drug-likeness (QED) is 0.865. The zero-order valence-electron chi connectivity index (χ0n) is 12.1. The molecule has 0 bridgehead atoms. The molecular weight excluding hydrogens is 251 g/mol. The summed E-state index contributed by atoms with van der Waals surface area (Å²) in [5.41, 5.74) is 3.03. The highest BCUT2D eigenvalue weighted by molar-refractivity contribution is 5.27. The number of hydrogen-bond donors (Lipinski definition) is 1. The molecule has 20 heavy (non-hydrogen) atoms. The van der Waals surface area contributed by atoms with Crippen molar-refractivity contribution in [3.05, 3.63) is 65.2 Å². The largest absolute Gasteiger partial charge is 0.310 e. The van der Waals surface area contributed by atoms with Crippen LogP contribution >= 0.6 is 0 Å². The van der Waals surface area contributed by atoms with Gasteiger partial charge in [-0.1, -0.05) is 30.7 Å². The van der Waals surface area contributed by atoms with Gasteiger partial charge in [-0.05, 0) is 44.0 Å². The summed E-state index contributed by atoms with van der Waals surface area (Å²) in [6.07, 6.45) is 5.39. The molecule has 0 saturated heterocycles. The van der Waals surface area contributed by atoms with Crippen molar-refractivity contribution < 1.29 is 4.39 Å². The number of pyridine rings is 1. The molecule has 2 rings (SSSR count). The Morgan fingerprint density at radius 2 is 2.15 bits per heavy atom. The smallest absolute Gasteiger partial charge is 0.127 e. The molecule has 0 spiro atoms. The predicted molar refractivity (Wildman–Crippen MR) is 80.1 cm³/mol. The van der Waals surface area contributed by atoms with Crippen molar-refractivity contribution in [3.8, 4) is 0 Å². The van der Waals surface area contributed by atoms with Crippen LogP contribution in [0.2, 0.25) is 0 Å². The van der Waals surface area contributed by atoms with E-state index < -0.39 is 0 Å². The van der Waals surface area contributed by atoms with Crippen LogP contribution in [0.5, 0.6) is 0 Å². The summed E-state index contributed by atoms with van der Waals surface area (Å²) in [6.45, 7) is 4.86. The second-order valence-corrected chi connectivity index (χ2v) is 5.04. The second kappa shape index (κ2) is 7.15. The van der Waals surface area contributed by atoms with Crippen molar-refractivity contribution in [1.29, 1.82) is 0 Å². The van der Waals surface area contributed by atoms with Gasteiger partial charge in [-0.25, -0.2) is 4.39 Å². The summed E-state index contributed by atoms with van der Waals surface area (Å²) in [5.74, 6) is -0.132. The standard InChI is InChI=1S/C17H21FN2/c1-3-20-17(9-7-14-5-4-10-19-12-14)15-11-13(2)6-8-16(15)18/h4-6,8,10-12,17,20H,3,7,9H2,1-2H3. The van der Waals surface area contributed by atoms with Crippen LogP contribution in [-0.2, 0) is 6.42 Å². The van der Waals surface area contributed by atoms with Crippen LogP contribution in [0.4, 0.5) is 4.39 Å². The van der Waals surface area contributed by atoms with Crippen LogP contribution in [0, 0.1) is 12.7 Å². The molecule has 0 amide bonds. The lowest BCUT2D eigenvalue weighted by atomic mass is 9.97. The van der Waals surface area contributed by atoms with Gasteiger partial charge in [-0.2, -0.15) is 0 Å². The van der Waals surface area contributed by atoms with Crippen LogP contribution in [0.1, 0.15) is 36.1 Å². The highest BCUT2D eigenvalue weighted by Gasteiger charge is 2.15. The third-order valence-electron chi connectivity index (χ3n) is 3.42. The highest BCUT2D eigenvalue weighted by atomic mass is 19.1. The minimum Gasteiger partial charge on any atom is -0.310 e. The summed E-state index contributed by atoms with van der Waals surface area (Å²) in [5, 5.41) is 3.38. The highest BCUT2D eigenvalue weighted by Crippen LogP contribution is 2.23. The molecule has 0 saturated carbocycles. The molecule has 0 radical (unpaired) electrons. The molecule has 2 aromatic rings. The molecule has 1 unspecified atom stereocenters. The molecule has 1 N–H and O–H groups in total. The van der Waals surface area contributed by atoms with Gasteiger partial charge >= 0.3 is 0 Å². The Labute approximate surface area is 120 Å². The van der Waals surface area contributed by atoms with Gasteiger partial charge in [0.15, 0.2) is 0 Å². The topological polar surface area (TPSA) is 24.9 Å². The molecule has 0 aliphatic rings. The number of nitrogens with zero attached hydrogens (tertiary/aromatic N) is 1. The summed E-state index contributed by atoms with van der Waals surface area (Å²) >= 11 is 0. The average Bonchev–Trinajstić information content (AvgIpc) is 2.47. The van der Waals surface area contributed by atoms with Gasteiger partial charge in [-0.3, -0.25) is 4.98 Å². The minimum atomic E-state index is -0.132. The summed E-state index contributed by atoms with van der Waals surface area (Å²) in [7, 11) is 0. The van der Waals surface area contributed by atoms with Gasteiger partial charge in [0.05, 0.1) is 0 Å². The van der Waals surface area contributed by atoms with Crippen molar-refractivity contribution >= 4 is 0 Å². The molecule has 0 aliphatic heterocycles. The van der Waals surface area contributed by atoms with Gasteiger partial charge in [0.25, 0.3) is 0 Å². The van der Waals surface area contributed by atoms with E-state index in [0.717, 1.165) is 30.5 Å². The molecule has 0 aliphatic carbocycles. The van der Waals surface area contributed by atoms with E-state index in [4.69, 9.17) is 0 Å². The van der Waals surface area contributed by atoms with Crippen LogP contribution in [0.25, 0.3) is 0 Å². The van der Waals surface area contributed by atoms with Crippen molar-refractivity contribution in [1.82, 2.24) is 10.3 Å². The van der Waals surface area contributed by atoms with Crippen LogP contribution in [0.3, 0.4) is 0 Å². The first-order valence-corrected chi connectivity index (χ1v) is 7.09. The molecule has 3 heteroatoms. The maximum atomic E-state index is 14.0. The van der Waals surface area contributed by atoms with Crippen molar-refractivity contribution in [2.24, 2.45) is 0 Å². The number of aryl methyl sites for hydroxylation is 2. The molecule has 1 aromatic carbocycles. The summed E-state index contributed by atoms with van der Waals surface area (Å²) in [6, 6.07) is 9.33. The molecular formula is C17H21FN2. The third-order valence-corrected chi connectivity index (χ3v) is 3.42. The Bertz CT molecular complexity index is 540. The number of rotatable bonds is 6. The van der Waals surface area contributed by atoms with Crippen molar-refractivity contribution in [3.63, 3.8) is 0 Å². The molecule has 1 heterocycles. The van der Waals surface area contributed by atoms with E-state index in [0.29, 0.717) is 0 Å². The molecule has 1 aromatic heterocycles. The second-order valence-electron chi connectivity index (χ2n) is 5.04. The Kier molecular flexibility index (Phi) is 5.24. The van der Waals surface area contributed by atoms with E-state index >= 15 is 0 Å². The first-order valence-electron chi connectivity index (χ1n) is 7.09. The molecule has 2 nitrogen and oxygen atoms in total. The van der Waals surface area contributed by atoms with Gasteiger partial charge < -0.3 is 5.32 Å². The fourth-order valence-electron chi connectivity index (χ4n) is 2.40. The number of hydrogen-bond acceptors (Lipinski definition) is 2. The fourth-order valence-corrected chi connectivity index (χ4v) is 2.40. The molecule has 1 atom stereocenters.